The standard InChI is InChI=1S/C26H25N3O3/c1-4-32-22-9-7-21(8-10-22)28-24-23(20-6-5-17(2)18(3)15-20)25(30)29(26(24)31)16-19-11-13-27-14-12-19/h5-15,28H,4,16H2,1-3H3. The molecule has 1 aromatic heterocycles. The van der Waals surface area contributed by atoms with E-state index in [0.717, 1.165) is 28.0 Å². The van der Waals surface area contributed by atoms with E-state index in [2.05, 4.69) is 10.3 Å². The van der Waals surface area contributed by atoms with E-state index in [9.17, 15) is 9.59 Å². The van der Waals surface area contributed by atoms with Gasteiger partial charge in [-0.3, -0.25) is 19.5 Å². The molecule has 6 heteroatoms. The molecule has 0 aliphatic carbocycles. The molecule has 2 amide bonds. The number of hydrogen-bond acceptors (Lipinski definition) is 5. The number of pyridine rings is 1. The third-order valence-corrected chi connectivity index (χ3v) is 5.49. The number of nitrogens with one attached hydrogen (secondary N) is 1. The zero-order valence-corrected chi connectivity index (χ0v) is 18.4. The molecule has 2 heterocycles. The van der Waals surface area contributed by atoms with Gasteiger partial charge in [-0.25, -0.2) is 0 Å². The second kappa shape index (κ2) is 9.06. The van der Waals surface area contributed by atoms with Crippen LogP contribution < -0.4 is 10.1 Å². The highest BCUT2D eigenvalue weighted by atomic mass is 16.5. The molecule has 1 aliphatic rings. The van der Waals surface area contributed by atoms with Crippen molar-refractivity contribution in [1.29, 1.82) is 0 Å². The van der Waals surface area contributed by atoms with Crippen LogP contribution in [0.2, 0.25) is 0 Å². The Morgan fingerprint density at radius 1 is 0.906 bits per heavy atom. The van der Waals surface area contributed by atoms with Gasteiger partial charge in [0.1, 0.15) is 11.4 Å². The number of aryl methyl sites for hydroxylation is 2. The molecule has 1 N–H and O–H groups in total. The summed E-state index contributed by atoms with van der Waals surface area (Å²) in [7, 11) is 0. The second-order valence-electron chi connectivity index (χ2n) is 7.68. The molecular formula is C26H25N3O3. The summed E-state index contributed by atoms with van der Waals surface area (Å²) in [6.07, 6.45) is 3.30. The summed E-state index contributed by atoms with van der Waals surface area (Å²) >= 11 is 0. The summed E-state index contributed by atoms with van der Waals surface area (Å²) in [6.45, 7) is 6.70. The Balaban J connectivity index is 1.72. The smallest absolute Gasteiger partial charge is 0.278 e. The number of ether oxygens (including phenoxy) is 1. The maximum absolute atomic E-state index is 13.4. The highest BCUT2D eigenvalue weighted by molar-refractivity contribution is 6.36. The lowest BCUT2D eigenvalue weighted by Gasteiger charge is -2.15. The van der Waals surface area contributed by atoms with Crippen LogP contribution in [0, 0.1) is 13.8 Å². The first kappa shape index (κ1) is 21.3. The van der Waals surface area contributed by atoms with Gasteiger partial charge >= 0.3 is 0 Å². The van der Waals surface area contributed by atoms with Gasteiger partial charge in [-0.1, -0.05) is 18.2 Å². The number of nitrogens with zero attached hydrogens (tertiary/aromatic N) is 2. The Bertz CT molecular complexity index is 1180. The van der Waals surface area contributed by atoms with E-state index in [0.29, 0.717) is 17.9 Å². The average molecular weight is 428 g/mol. The zero-order valence-electron chi connectivity index (χ0n) is 18.4. The Labute approximate surface area is 187 Å². The molecule has 32 heavy (non-hydrogen) atoms. The van der Waals surface area contributed by atoms with Gasteiger partial charge in [0.05, 0.1) is 18.7 Å². The first-order chi connectivity index (χ1) is 15.5. The maximum atomic E-state index is 13.4. The fourth-order valence-electron chi connectivity index (χ4n) is 3.62. The van der Waals surface area contributed by atoms with Crippen molar-refractivity contribution in [2.24, 2.45) is 0 Å². The number of benzene rings is 2. The number of hydrogen-bond donors (Lipinski definition) is 1. The summed E-state index contributed by atoms with van der Waals surface area (Å²) in [5.74, 6) is 0.0759. The predicted molar refractivity (Wildman–Crippen MR) is 124 cm³/mol. The van der Waals surface area contributed by atoms with Gasteiger partial charge < -0.3 is 10.1 Å². The Morgan fingerprint density at radius 2 is 1.62 bits per heavy atom. The molecule has 0 fully saturated rings. The molecule has 0 radical (unpaired) electrons. The van der Waals surface area contributed by atoms with Gasteiger partial charge in [0.2, 0.25) is 0 Å². The van der Waals surface area contributed by atoms with E-state index >= 15 is 0 Å². The minimum atomic E-state index is -0.353. The first-order valence-electron chi connectivity index (χ1n) is 10.5. The number of imide groups is 1. The third-order valence-electron chi connectivity index (χ3n) is 5.49. The lowest BCUT2D eigenvalue weighted by molar-refractivity contribution is -0.137. The molecule has 0 bridgehead atoms. The molecule has 0 atom stereocenters. The van der Waals surface area contributed by atoms with Crippen LogP contribution in [0.15, 0.2) is 72.7 Å². The van der Waals surface area contributed by atoms with Gasteiger partial charge in [0, 0.05) is 18.1 Å². The number of aromatic nitrogens is 1. The molecule has 1 aliphatic heterocycles. The van der Waals surface area contributed by atoms with Crippen molar-refractivity contribution in [2.75, 3.05) is 11.9 Å². The Kier molecular flexibility index (Phi) is 6.03. The Morgan fingerprint density at radius 3 is 2.28 bits per heavy atom. The van der Waals surface area contributed by atoms with Crippen LogP contribution in [0.25, 0.3) is 5.57 Å². The minimum absolute atomic E-state index is 0.184. The van der Waals surface area contributed by atoms with Crippen molar-refractivity contribution in [2.45, 2.75) is 27.3 Å². The SMILES string of the molecule is CCOc1ccc(NC2=C(c3ccc(C)c(C)c3)C(=O)N(Cc3ccncc3)C2=O)cc1. The van der Waals surface area contributed by atoms with E-state index in [1.54, 1.807) is 24.5 Å². The van der Waals surface area contributed by atoms with Crippen molar-refractivity contribution < 1.29 is 14.3 Å². The summed E-state index contributed by atoms with van der Waals surface area (Å²) in [6, 6.07) is 16.7. The van der Waals surface area contributed by atoms with E-state index < -0.39 is 0 Å². The number of carbonyl (C=O) groups excluding carboxylic acids is 2. The molecule has 0 unspecified atom stereocenters. The van der Waals surface area contributed by atoms with E-state index in [1.165, 1.54) is 4.90 Å². The fourth-order valence-corrected chi connectivity index (χ4v) is 3.62. The third kappa shape index (κ3) is 4.25. The van der Waals surface area contributed by atoms with Crippen LogP contribution in [0.4, 0.5) is 5.69 Å². The van der Waals surface area contributed by atoms with E-state index in [-0.39, 0.29) is 24.1 Å². The van der Waals surface area contributed by atoms with Crippen LogP contribution in [0.1, 0.15) is 29.2 Å². The number of anilines is 1. The van der Waals surface area contributed by atoms with Crippen LogP contribution in [-0.2, 0) is 16.1 Å². The van der Waals surface area contributed by atoms with Crippen molar-refractivity contribution in [3.8, 4) is 5.75 Å². The number of carbonyl (C=O) groups is 2. The van der Waals surface area contributed by atoms with Crippen molar-refractivity contribution in [3.63, 3.8) is 0 Å². The molecule has 162 valence electrons. The average Bonchev–Trinajstić information content (AvgIpc) is 3.02. The van der Waals surface area contributed by atoms with Gasteiger partial charge in [0.15, 0.2) is 0 Å². The zero-order chi connectivity index (χ0) is 22.7. The molecule has 6 nitrogen and oxygen atoms in total. The summed E-state index contributed by atoms with van der Waals surface area (Å²) in [5.41, 5.74) is 5.10. The summed E-state index contributed by atoms with van der Waals surface area (Å²) in [4.78, 5) is 32.1. The van der Waals surface area contributed by atoms with Gasteiger partial charge in [-0.15, -0.1) is 0 Å². The van der Waals surface area contributed by atoms with Crippen molar-refractivity contribution >= 4 is 23.1 Å². The highest BCUT2D eigenvalue weighted by Gasteiger charge is 2.39. The van der Waals surface area contributed by atoms with Crippen LogP contribution >= 0.6 is 0 Å². The van der Waals surface area contributed by atoms with E-state index in [4.69, 9.17) is 4.74 Å². The number of rotatable bonds is 7. The van der Waals surface area contributed by atoms with Gasteiger partial charge in [0.25, 0.3) is 11.8 Å². The maximum Gasteiger partial charge on any atom is 0.278 e. The molecule has 2 aromatic carbocycles. The van der Waals surface area contributed by atoms with Crippen LogP contribution in [0.5, 0.6) is 5.75 Å². The molecule has 0 saturated carbocycles. The molecule has 3 aromatic rings. The second-order valence-corrected chi connectivity index (χ2v) is 7.68. The highest BCUT2D eigenvalue weighted by Crippen LogP contribution is 2.32. The largest absolute Gasteiger partial charge is 0.494 e. The van der Waals surface area contributed by atoms with Gasteiger partial charge in [-0.2, -0.15) is 0 Å². The first-order valence-corrected chi connectivity index (χ1v) is 10.5. The predicted octanol–water partition coefficient (Wildman–Crippen LogP) is 4.49. The van der Waals surface area contributed by atoms with E-state index in [1.807, 2.05) is 63.2 Å². The van der Waals surface area contributed by atoms with Crippen LogP contribution in [-0.4, -0.2) is 28.3 Å². The fraction of sp³-hybridized carbons (Fsp3) is 0.192. The monoisotopic (exact) mass is 427 g/mol. The normalized spacial score (nSPS) is 13.7. The lowest BCUT2D eigenvalue weighted by Crippen LogP contribution is -2.32. The quantitative estimate of drug-likeness (QED) is 0.563. The minimum Gasteiger partial charge on any atom is -0.494 e. The van der Waals surface area contributed by atoms with Crippen molar-refractivity contribution in [3.05, 3.63) is 94.9 Å². The molecular weight excluding hydrogens is 402 g/mol. The topological polar surface area (TPSA) is 71.5 Å². The Hall–Kier alpha value is -3.93. The molecule has 4 rings (SSSR count). The lowest BCUT2D eigenvalue weighted by atomic mass is 9.99. The summed E-state index contributed by atoms with van der Waals surface area (Å²) < 4.78 is 5.49. The molecule has 0 saturated heterocycles. The molecule has 0 spiro atoms. The van der Waals surface area contributed by atoms with Crippen molar-refractivity contribution in [1.82, 2.24) is 9.88 Å². The van der Waals surface area contributed by atoms with Crippen LogP contribution in [0.3, 0.4) is 0 Å². The summed E-state index contributed by atoms with van der Waals surface area (Å²) in [5, 5.41) is 3.19. The van der Waals surface area contributed by atoms with Gasteiger partial charge in [-0.05, 0) is 79.4 Å². The number of amides is 2.